The molecule has 0 aliphatic carbocycles. The van der Waals surface area contributed by atoms with Gasteiger partial charge in [0.15, 0.2) is 6.10 Å². The van der Waals surface area contributed by atoms with E-state index in [0.717, 1.165) is 5.56 Å². The molecule has 3 nitrogen and oxygen atoms in total. The molecule has 0 aliphatic rings. The lowest BCUT2D eigenvalue weighted by molar-refractivity contribution is -0.122. The molecule has 7 heteroatoms. The Morgan fingerprint density at radius 2 is 1.70 bits per heavy atom. The van der Waals surface area contributed by atoms with E-state index < -0.39 is 6.10 Å². The van der Waals surface area contributed by atoms with Gasteiger partial charge < -0.3 is 10.1 Å². The third kappa shape index (κ3) is 4.67. The molecule has 0 spiro atoms. The van der Waals surface area contributed by atoms with E-state index >= 15 is 0 Å². The van der Waals surface area contributed by atoms with Crippen LogP contribution in [0.15, 0.2) is 30.3 Å². The third-order valence-electron chi connectivity index (χ3n) is 3.08. The fourth-order valence-corrected chi connectivity index (χ4v) is 2.66. The van der Waals surface area contributed by atoms with Gasteiger partial charge in [-0.15, -0.1) is 0 Å². The van der Waals surface area contributed by atoms with Gasteiger partial charge in [-0.05, 0) is 49.7 Å². The number of rotatable bonds is 4. The van der Waals surface area contributed by atoms with Crippen molar-refractivity contribution in [3.63, 3.8) is 0 Å². The number of benzene rings is 2. The van der Waals surface area contributed by atoms with E-state index in [1.165, 1.54) is 12.1 Å². The van der Waals surface area contributed by atoms with E-state index in [-0.39, 0.29) is 5.91 Å². The zero-order valence-corrected chi connectivity index (χ0v) is 15.3. The summed E-state index contributed by atoms with van der Waals surface area (Å²) >= 11 is 23.7. The van der Waals surface area contributed by atoms with Gasteiger partial charge in [0.2, 0.25) is 0 Å². The third-order valence-corrected chi connectivity index (χ3v) is 4.35. The smallest absolute Gasteiger partial charge is 0.265 e. The molecule has 2 aromatic carbocycles. The highest BCUT2D eigenvalue weighted by molar-refractivity contribution is 6.44. The van der Waals surface area contributed by atoms with Gasteiger partial charge in [-0.2, -0.15) is 0 Å². The molecule has 1 atom stereocenters. The molecule has 0 bridgehead atoms. The van der Waals surface area contributed by atoms with Crippen molar-refractivity contribution in [2.75, 3.05) is 5.32 Å². The summed E-state index contributed by atoms with van der Waals surface area (Å²) in [7, 11) is 0. The topological polar surface area (TPSA) is 38.3 Å². The summed E-state index contributed by atoms with van der Waals surface area (Å²) in [6.45, 7) is 3.48. The number of carbonyl (C=O) groups is 1. The van der Waals surface area contributed by atoms with Crippen LogP contribution < -0.4 is 10.1 Å². The Kier molecular flexibility index (Phi) is 6.04. The second-order valence-corrected chi connectivity index (χ2v) is 6.56. The van der Waals surface area contributed by atoms with E-state index in [9.17, 15) is 4.79 Å². The Balaban J connectivity index is 2.10. The van der Waals surface area contributed by atoms with Gasteiger partial charge in [0.25, 0.3) is 5.91 Å². The molecule has 0 saturated heterocycles. The summed E-state index contributed by atoms with van der Waals surface area (Å²) in [5, 5.41) is 4.18. The van der Waals surface area contributed by atoms with Crippen LogP contribution in [0.25, 0.3) is 0 Å². The maximum atomic E-state index is 12.2. The van der Waals surface area contributed by atoms with Crippen molar-refractivity contribution in [2.24, 2.45) is 0 Å². The quantitative estimate of drug-likeness (QED) is 0.646. The zero-order valence-electron chi connectivity index (χ0n) is 12.3. The summed E-state index contributed by atoms with van der Waals surface area (Å²) in [6.07, 6.45) is -0.736. The van der Waals surface area contributed by atoms with Crippen molar-refractivity contribution in [1.82, 2.24) is 0 Å². The Morgan fingerprint density at radius 1 is 1.04 bits per heavy atom. The Hall–Kier alpha value is -1.13. The molecule has 1 amide bonds. The number of nitrogens with one attached hydrogen (secondary N) is 1. The first-order chi connectivity index (χ1) is 10.8. The highest BCUT2D eigenvalue weighted by atomic mass is 35.5. The molecule has 0 aliphatic heterocycles. The van der Waals surface area contributed by atoms with E-state index in [1.54, 1.807) is 25.1 Å². The fourth-order valence-electron chi connectivity index (χ4n) is 1.84. The van der Waals surface area contributed by atoms with Crippen LogP contribution in [-0.2, 0) is 4.79 Å². The molecule has 1 N–H and O–H groups in total. The number of amides is 1. The molecule has 0 heterocycles. The molecule has 0 aromatic heterocycles. The number of anilines is 1. The fraction of sp³-hybridized carbons (Fsp3) is 0.188. The molecule has 2 aromatic rings. The number of hydrogen-bond acceptors (Lipinski definition) is 2. The second kappa shape index (κ2) is 7.63. The van der Waals surface area contributed by atoms with Gasteiger partial charge in [0.05, 0.1) is 20.8 Å². The first kappa shape index (κ1) is 18.2. The summed E-state index contributed by atoms with van der Waals surface area (Å²) < 4.78 is 5.66. The van der Waals surface area contributed by atoms with Crippen LogP contribution in [0.3, 0.4) is 0 Å². The van der Waals surface area contributed by atoms with Crippen LogP contribution in [0.5, 0.6) is 5.75 Å². The standard InChI is InChI=1S/C16H13Cl4NO2/c1-8-5-10(17)3-4-15(8)23-9(2)16(22)21-14-7-12(19)11(18)6-13(14)20/h3-7,9H,1-2H3,(H,21,22). The highest BCUT2D eigenvalue weighted by Gasteiger charge is 2.18. The van der Waals surface area contributed by atoms with Gasteiger partial charge in [0, 0.05) is 5.02 Å². The van der Waals surface area contributed by atoms with Crippen molar-refractivity contribution in [1.29, 1.82) is 0 Å². The molecular weight excluding hydrogens is 380 g/mol. The van der Waals surface area contributed by atoms with E-state index in [0.29, 0.717) is 31.5 Å². The lowest BCUT2D eigenvalue weighted by Gasteiger charge is -2.17. The van der Waals surface area contributed by atoms with E-state index in [2.05, 4.69) is 5.32 Å². The molecule has 0 fully saturated rings. The van der Waals surface area contributed by atoms with Crippen molar-refractivity contribution in [3.8, 4) is 5.75 Å². The second-order valence-electron chi connectivity index (χ2n) is 4.91. The molecule has 1 unspecified atom stereocenters. The molecule has 0 saturated carbocycles. The van der Waals surface area contributed by atoms with Crippen LogP contribution in [0, 0.1) is 6.92 Å². The minimum Gasteiger partial charge on any atom is -0.481 e. The normalized spacial score (nSPS) is 11.9. The van der Waals surface area contributed by atoms with Gasteiger partial charge in [-0.25, -0.2) is 0 Å². The number of ether oxygens (including phenoxy) is 1. The SMILES string of the molecule is Cc1cc(Cl)ccc1OC(C)C(=O)Nc1cc(Cl)c(Cl)cc1Cl. The average molecular weight is 393 g/mol. The van der Waals surface area contributed by atoms with Gasteiger partial charge in [-0.1, -0.05) is 46.4 Å². The van der Waals surface area contributed by atoms with Crippen molar-refractivity contribution in [3.05, 3.63) is 56.0 Å². The van der Waals surface area contributed by atoms with Gasteiger partial charge >= 0.3 is 0 Å². The minimum absolute atomic E-state index is 0.294. The average Bonchev–Trinajstić information content (AvgIpc) is 2.47. The Morgan fingerprint density at radius 3 is 2.35 bits per heavy atom. The lowest BCUT2D eigenvalue weighted by atomic mass is 10.2. The predicted molar refractivity (Wildman–Crippen MR) is 96.4 cm³/mol. The molecule has 122 valence electrons. The molecule has 23 heavy (non-hydrogen) atoms. The maximum absolute atomic E-state index is 12.2. The summed E-state index contributed by atoms with van der Waals surface area (Å²) in [5.41, 5.74) is 1.21. The van der Waals surface area contributed by atoms with Crippen molar-refractivity contribution >= 4 is 58.0 Å². The lowest BCUT2D eigenvalue weighted by Crippen LogP contribution is -2.30. The first-order valence-electron chi connectivity index (χ1n) is 6.66. The Labute approximate surface area is 154 Å². The van der Waals surface area contributed by atoms with Crippen LogP contribution in [0.4, 0.5) is 5.69 Å². The molecule has 2 rings (SSSR count). The zero-order chi connectivity index (χ0) is 17.1. The van der Waals surface area contributed by atoms with Gasteiger partial charge in [0.1, 0.15) is 5.75 Å². The predicted octanol–water partition coefficient (Wildman–Crippen LogP) is 6.01. The minimum atomic E-state index is -0.736. The number of hydrogen-bond donors (Lipinski definition) is 1. The van der Waals surface area contributed by atoms with Crippen molar-refractivity contribution in [2.45, 2.75) is 20.0 Å². The van der Waals surface area contributed by atoms with Crippen LogP contribution in [0.1, 0.15) is 12.5 Å². The molecular formula is C16H13Cl4NO2. The molecule has 0 radical (unpaired) electrons. The van der Waals surface area contributed by atoms with Crippen LogP contribution in [0.2, 0.25) is 20.1 Å². The van der Waals surface area contributed by atoms with Crippen molar-refractivity contribution < 1.29 is 9.53 Å². The number of halogens is 4. The highest BCUT2D eigenvalue weighted by Crippen LogP contribution is 2.32. The Bertz CT molecular complexity index is 749. The van der Waals surface area contributed by atoms with Gasteiger partial charge in [-0.3, -0.25) is 4.79 Å². The first-order valence-corrected chi connectivity index (χ1v) is 8.17. The number of carbonyl (C=O) groups excluding carboxylic acids is 1. The number of aryl methyl sites for hydroxylation is 1. The van der Waals surface area contributed by atoms with Crippen LogP contribution in [-0.4, -0.2) is 12.0 Å². The summed E-state index contributed by atoms with van der Waals surface area (Å²) in [5.74, 6) is 0.219. The van der Waals surface area contributed by atoms with E-state index in [4.69, 9.17) is 51.1 Å². The van der Waals surface area contributed by atoms with E-state index in [1.807, 2.05) is 6.92 Å². The largest absolute Gasteiger partial charge is 0.481 e. The van der Waals surface area contributed by atoms with Crippen LogP contribution >= 0.6 is 46.4 Å². The summed E-state index contributed by atoms with van der Waals surface area (Å²) in [4.78, 5) is 12.2. The monoisotopic (exact) mass is 391 g/mol. The maximum Gasteiger partial charge on any atom is 0.265 e. The summed E-state index contributed by atoms with van der Waals surface area (Å²) in [6, 6.07) is 8.13.